The standard InChI is InChI=1S/C8H6ClNO/c1-5-6-4-10-11-8(6)3-2-7(5)9/h2-4H,1H3. The van der Waals surface area contributed by atoms with Crippen molar-refractivity contribution < 1.29 is 4.52 Å². The van der Waals surface area contributed by atoms with Crippen LogP contribution in [-0.2, 0) is 0 Å². The first kappa shape index (κ1) is 6.68. The molecule has 1 heterocycles. The van der Waals surface area contributed by atoms with E-state index in [0.29, 0.717) is 0 Å². The summed E-state index contributed by atoms with van der Waals surface area (Å²) in [6, 6.07) is 3.63. The normalized spacial score (nSPS) is 10.7. The Morgan fingerprint density at radius 1 is 1.45 bits per heavy atom. The van der Waals surface area contributed by atoms with Crippen molar-refractivity contribution >= 4 is 22.6 Å². The molecule has 3 heteroatoms. The first-order valence-corrected chi connectivity index (χ1v) is 3.66. The van der Waals surface area contributed by atoms with Gasteiger partial charge in [0.25, 0.3) is 0 Å². The van der Waals surface area contributed by atoms with Gasteiger partial charge in [-0.05, 0) is 24.6 Å². The number of rotatable bonds is 0. The lowest BCUT2D eigenvalue weighted by molar-refractivity contribution is 0.456. The summed E-state index contributed by atoms with van der Waals surface area (Å²) in [5.41, 5.74) is 1.80. The molecule has 0 unspecified atom stereocenters. The minimum atomic E-state index is 0.751. The van der Waals surface area contributed by atoms with E-state index in [1.807, 2.05) is 19.1 Å². The van der Waals surface area contributed by atoms with Crippen molar-refractivity contribution in [3.8, 4) is 0 Å². The monoisotopic (exact) mass is 167 g/mol. The fraction of sp³-hybridized carbons (Fsp3) is 0.125. The van der Waals surface area contributed by atoms with E-state index in [-0.39, 0.29) is 0 Å². The van der Waals surface area contributed by atoms with Crippen LogP contribution in [0.2, 0.25) is 5.02 Å². The Morgan fingerprint density at radius 3 is 3.09 bits per heavy atom. The molecule has 1 aromatic heterocycles. The van der Waals surface area contributed by atoms with Crippen LogP contribution in [0.15, 0.2) is 22.9 Å². The summed E-state index contributed by atoms with van der Waals surface area (Å²) < 4.78 is 4.95. The zero-order valence-electron chi connectivity index (χ0n) is 5.97. The highest BCUT2D eigenvalue weighted by Gasteiger charge is 2.03. The number of hydrogen-bond acceptors (Lipinski definition) is 2. The molecular formula is C8H6ClNO. The highest BCUT2D eigenvalue weighted by atomic mass is 35.5. The minimum Gasteiger partial charge on any atom is -0.356 e. The van der Waals surface area contributed by atoms with Gasteiger partial charge in [-0.3, -0.25) is 0 Å². The van der Waals surface area contributed by atoms with E-state index in [2.05, 4.69) is 5.16 Å². The van der Waals surface area contributed by atoms with E-state index in [1.54, 1.807) is 6.20 Å². The molecule has 0 aliphatic heterocycles. The summed E-state index contributed by atoms with van der Waals surface area (Å²) in [5.74, 6) is 0. The van der Waals surface area contributed by atoms with Crippen molar-refractivity contribution in [2.24, 2.45) is 0 Å². The van der Waals surface area contributed by atoms with Crippen molar-refractivity contribution in [2.75, 3.05) is 0 Å². The molecule has 0 saturated heterocycles. The molecule has 2 nitrogen and oxygen atoms in total. The van der Waals surface area contributed by atoms with Crippen LogP contribution in [0.3, 0.4) is 0 Å². The second-order valence-corrected chi connectivity index (χ2v) is 2.82. The van der Waals surface area contributed by atoms with Crippen LogP contribution in [0.1, 0.15) is 5.56 Å². The zero-order chi connectivity index (χ0) is 7.84. The van der Waals surface area contributed by atoms with Crippen LogP contribution in [0.25, 0.3) is 11.0 Å². The maximum Gasteiger partial charge on any atom is 0.167 e. The van der Waals surface area contributed by atoms with Crippen LogP contribution in [0, 0.1) is 6.92 Å². The Hall–Kier alpha value is -1.02. The van der Waals surface area contributed by atoms with Crippen LogP contribution in [-0.4, -0.2) is 5.16 Å². The molecule has 0 radical (unpaired) electrons. The number of fused-ring (bicyclic) bond motifs is 1. The van der Waals surface area contributed by atoms with Crippen LogP contribution >= 0.6 is 11.6 Å². The van der Waals surface area contributed by atoms with Gasteiger partial charge in [-0.25, -0.2) is 0 Å². The molecule has 0 spiro atoms. The molecular weight excluding hydrogens is 162 g/mol. The molecule has 2 rings (SSSR count). The Kier molecular flexibility index (Phi) is 1.36. The lowest BCUT2D eigenvalue weighted by atomic mass is 10.2. The lowest BCUT2D eigenvalue weighted by Crippen LogP contribution is -1.74. The molecule has 0 bridgehead atoms. The van der Waals surface area contributed by atoms with Gasteiger partial charge in [-0.15, -0.1) is 0 Å². The van der Waals surface area contributed by atoms with Gasteiger partial charge in [0, 0.05) is 10.4 Å². The first-order valence-electron chi connectivity index (χ1n) is 3.28. The summed E-state index contributed by atoms with van der Waals surface area (Å²) in [5, 5.41) is 5.40. The van der Waals surface area contributed by atoms with Gasteiger partial charge in [0.05, 0.1) is 6.20 Å². The van der Waals surface area contributed by atoms with Gasteiger partial charge in [-0.1, -0.05) is 16.8 Å². The zero-order valence-corrected chi connectivity index (χ0v) is 6.72. The topological polar surface area (TPSA) is 26.0 Å². The van der Waals surface area contributed by atoms with Gasteiger partial charge < -0.3 is 4.52 Å². The number of aromatic nitrogens is 1. The number of aryl methyl sites for hydroxylation is 1. The quantitative estimate of drug-likeness (QED) is 0.603. The van der Waals surface area contributed by atoms with Gasteiger partial charge in [0.15, 0.2) is 5.58 Å². The maximum atomic E-state index is 5.88. The molecule has 56 valence electrons. The van der Waals surface area contributed by atoms with Gasteiger partial charge in [-0.2, -0.15) is 0 Å². The number of nitrogens with zero attached hydrogens (tertiary/aromatic N) is 1. The molecule has 0 atom stereocenters. The predicted octanol–water partition coefficient (Wildman–Crippen LogP) is 2.79. The fourth-order valence-electron chi connectivity index (χ4n) is 1.05. The molecule has 11 heavy (non-hydrogen) atoms. The van der Waals surface area contributed by atoms with Crippen molar-refractivity contribution in [3.05, 3.63) is 28.9 Å². The predicted molar refractivity (Wildman–Crippen MR) is 43.8 cm³/mol. The summed E-state index contributed by atoms with van der Waals surface area (Å²) in [7, 11) is 0. The highest BCUT2D eigenvalue weighted by molar-refractivity contribution is 6.32. The second kappa shape index (κ2) is 2.24. The summed E-state index contributed by atoms with van der Waals surface area (Å²) >= 11 is 5.88. The molecule has 0 aliphatic rings. The second-order valence-electron chi connectivity index (χ2n) is 2.41. The largest absolute Gasteiger partial charge is 0.356 e. The summed E-state index contributed by atoms with van der Waals surface area (Å²) in [6.07, 6.45) is 1.68. The van der Waals surface area contributed by atoms with Crippen molar-refractivity contribution in [2.45, 2.75) is 6.92 Å². The first-order chi connectivity index (χ1) is 5.29. The van der Waals surface area contributed by atoms with E-state index >= 15 is 0 Å². The van der Waals surface area contributed by atoms with Gasteiger partial charge in [0.1, 0.15) is 0 Å². The van der Waals surface area contributed by atoms with Crippen molar-refractivity contribution in [3.63, 3.8) is 0 Å². The molecule has 0 amide bonds. The number of halogens is 1. The third kappa shape index (κ3) is 0.906. The fourth-order valence-corrected chi connectivity index (χ4v) is 1.22. The lowest BCUT2D eigenvalue weighted by Gasteiger charge is -1.95. The molecule has 0 N–H and O–H groups in total. The van der Waals surface area contributed by atoms with E-state index < -0.39 is 0 Å². The highest BCUT2D eigenvalue weighted by Crippen LogP contribution is 2.24. The summed E-state index contributed by atoms with van der Waals surface area (Å²) in [6.45, 7) is 1.95. The number of hydrogen-bond donors (Lipinski definition) is 0. The summed E-state index contributed by atoms with van der Waals surface area (Å²) in [4.78, 5) is 0. The van der Waals surface area contributed by atoms with E-state index in [1.165, 1.54) is 0 Å². The molecule has 1 aromatic carbocycles. The molecule has 0 fully saturated rings. The Balaban J connectivity index is 2.93. The Bertz CT molecular complexity index is 394. The third-order valence-corrected chi connectivity index (χ3v) is 2.15. The molecule has 0 aliphatic carbocycles. The Morgan fingerprint density at radius 2 is 2.27 bits per heavy atom. The third-order valence-electron chi connectivity index (χ3n) is 1.74. The molecule has 0 saturated carbocycles. The van der Waals surface area contributed by atoms with E-state index in [9.17, 15) is 0 Å². The van der Waals surface area contributed by atoms with Crippen molar-refractivity contribution in [1.82, 2.24) is 5.16 Å². The minimum absolute atomic E-state index is 0.751. The maximum absolute atomic E-state index is 5.88. The van der Waals surface area contributed by atoms with Crippen LogP contribution in [0.4, 0.5) is 0 Å². The van der Waals surface area contributed by atoms with Crippen molar-refractivity contribution in [1.29, 1.82) is 0 Å². The van der Waals surface area contributed by atoms with Crippen LogP contribution in [0.5, 0.6) is 0 Å². The smallest absolute Gasteiger partial charge is 0.167 e. The van der Waals surface area contributed by atoms with E-state index in [4.69, 9.17) is 16.1 Å². The van der Waals surface area contributed by atoms with Crippen LogP contribution < -0.4 is 0 Å². The molecule has 2 aromatic rings. The van der Waals surface area contributed by atoms with Gasteiger partial charge in [0.2, 0.25) is 0 Å². The van der Waals surface area contributed by atoms with E-state index in [0.717, 1.165) is 21.6 Å². The number of benzene rings is 1. The average Bonchev–Trinajstić information content (AvgIpc) is 2.45. The SMILES string of the molecule is Cc1c(Cl)ccc2oncc12. The van der Waals surface area contributed by atoms with Gasteiger partial charge >= 0.3 is 0 Å². The average molecular weight is 168 g/mol. The Labute approximate surface area is 68.7 Å².